The molecule has 36 heavy (non-hydrogen) atoms. The van der Waals surface area contributed by atoms with Crippen molar-refractivity contribution in [2.45, 2.75) is 58.3 Å². The van der Waals surface area contributed by atoms with Gasteiger partial charge in [-0.2, -0.15) is 0 Å². The number of carboxylic acid groups (broad SMARTS) is 1. The largest absolute Gasteiger partial charge is 0.478 e. The zero-order valence-electron chi connectivity index (χ0n) is 21.3. The summed E-state index contributed by atoms with van der Waals surface area (Å²) in [4.78, 5) is 27.4. The highest BCUT2D eigenvalue weighted by Crippen LogP contribution is 2.56. The number of nitrogens with zero attached hydrogens (tertiary/aromatic N) is 1. The van der Waals surface area contributed by atoms with E-state index in [9.17, 15) is 19.1 Å². The molecule has 188 valence electrons. The fourth-order valence-electron chi connectivity index (χ4n) is 7.03. The molecule has 1 heterocycles. The lowest BCUT2D eigenvalue weighted by Gasteiger charge is -2.51. The summed E-state index contributed by atoms with van der Waals surface area (Å²) in [6.07, 6.45) is 8.96. The molecule has 5 heteroatoms. The van der Waals surface area contributed by atoms with E-state index in [1.807, 2.05) is 17.0 Å². The number of carbonyl (C=O) groups excluding carboxylic acids is 1. The standard InChI is InChI=1S/C31H34FNO3/c1-29(2)25(21-6-8-22(9-7-21)27(34)35)14-18-30(3)20-33(19-15-26(29)30)28(36)31(16-4-5-17-31)23-10-12-24(32)13-11-23/h6-15H,4-5,16-20H2,1-3H3,(H,34,35)/t30-/m1/s1. The molecule has 1 amide bonds. The molecule has 1 aliphatic heterocycles. The second-order valence-electron chi connectivity index (χ2n) is 11.5. The lowest BCUT2D eigenvalue weighted by molar-refractivity contribution is -0.138. The third-order valence-electron chi connectivity index (χ3n) is 8.80. The monoisotopic (exact) mass is 487 g/mol. The van der Waals surface area contributed by atoms with Gasteiger partial charge in [0, 0.05) is 23.9 Å². The van der Waals surface area contributed by atoms with Crippen molar-refractivity contribution >= 4 is 17.4 Å². The highest BCUT2D eigenvalue weighted by molar-refractivity contribution is 5.90. The van der Waals surface area contributed by atoms with Crippen molar-refractivity contribution in [2.24, 2.45) is 10.8 Å². The molecular weight excluding hydrogens is 453 g/mol. The van der Waals surface area contributed by atoms with E-state index in [2.05, 4.69) is 32.9 Å². The molecule has 3 aliphatic rings. The molecule has 2 aromatic rings. The zero-order chi connectivity index (χ0) is 25.7. The number of hydrogen-bond donors (Lipinski definition) is 1. The summed E-state index contributed by atoms with van der Waals surface area (Å²) in [5.41, 5.74) is 3.80. The highest BCUT2D eigenvalue weighted by atomic mass is 19.1. The molecule has 1 N–H and O–H groups in total. The molecule has 2 aromatic carbocycles. The van der Waals surface area contributed by atoms with Crippen LogP contribution in [0.15, 0.2) is 66.3 Å². The fourth-order valence-corrected chi connectivity index (χ4v) is 7.03. The van der Waals surface area contributed by atoms with Gasteiger partial charge in [0.05, 0.1) is 11.0 Å². The number of fused-ring (bicyclic) bond motifs is 1. The Hall–Kier alpha value is -3.21. The molecule has 0 bridgehead atoms. The van der Waals surface area contributed by atoms with Crippen LogP contribution >= 0.6 is 0 Å². The summed E-state index contributed by atoms with van der Waals surface area (Å²) >= 11 is 0. The number of carboxylic acids is 1. The predicted molar refractivity (Wildman–Crippen MR) is 139 cm³/mol. The Morgan fingerprint density at radius 3 is 2.17 bits per heavy atom. The first-order valence-electron chi connectivity index (χ1n) is 12.9. The first-order valence-corrected chi connectivity index (χ1v) is 12.9. The number of rotatable bonds is 4. The summed E-state index contributed by atoms with van der Waals surface area (Å²) < 4.78 is 13.6. The van der Waals surface area contributed by atoms with E-state index in [1.54, 1.807) is 24.3 Å². The Labute approximate surface area is 212 Å². The third kappa shape index (κ3) is 3.89. The summed E-state index contributed by atoms with van der Waals surface area (Å²) in [6, 6.07) is 13.6. The Morgan fingerprint density at radius 2 is 1.56 bits per heavy atom. The summed E-state index contributed by atoms with van der Waals surface area (Å²) in [7, 11) is 0. The maximum absolute atomic E-state index is 14.1. The van der Waals surface area contributed by atoms with Gasteiger partial charge in [-0.15, -0.1) is 0 Å². The zero-order valence-corrected chi connectivity index (χ0v) is 21.3. The molecule has 2 aliphatic carbocycles. The van der Waals surface area contributed by atoms with Gasteiger partial charge in [0.2, 0.25) is 5.91 Å². The molecule has 1 atom stereocenters. The quantitative estimate of drug-likeness (QED) is 0.493. The average Bonchev–Trinajstić information content (AvgIpc) is 3.34. The molecule has 0 aromatic heterocycles. The Balaban J connectivity index is 1.44. The van der Waals surface area contributed by atoms with Crippen molar-refractivity contribution in [1.82, 2.24) is 4.90 Å². The lowest BCUT2D eigenvalue weighted by Crippen LogP contribution is -2.53. The minimum atomic E-state index is -0.925. The van der Waals surface area contributed by atoms with E-state index in [0.717, 1.165) is 43.2 Å². The lowest BCUT2D eigenvalue weighted by atomic mass is 9.58. The first kappa shape index (κ1) is 24.5. The summed E-state index contributed by atoms with van der Waals surface area (Å²) in [5.74, 6) is -1.03. The van der Waals surface area contributed by atoms with Crippen molar-refractivity contribution in [3.63, 3.8) is 0 Å². The van der Waals surface area contributed by atoms with Gasteiger partial charge in [-0.25, -0.2) is 9.18 Å². The number of hydrogen-bond acceptors (Lipinski definition) is 2. The minimum Gasteiger partial charge on any atom is -0.478 e. The molecular formula is C31H34FNO3. The topological polar surface area (TPSA) is 57.6 Å². The van der Waals surface area contributed by atoms with Gasteiger partial charge in [-0.3, -0.25) is 4.79 Å². The average molecular weight is 488 g/mol. The van der Waals surface area contributed by atoms with E-state index in [4.69, 9.17) is 0 Å². The molecule has 0 radical (unpaired) electrons. The molecule has 1 saturated carbocycles. The van der Waals surface area contributed by atoms with E-state index < -0.39 is 11.4 Å². The third-order valence-corrected chi connectivity index (χ3v) is 8.80. The number of aromatic carboxylic acids is 1. The number of halogens is 1. The number of allylic oxidation sites excluding steroid dienone is 2. The van der Waals surface area contributed by atoms with Crippen LogP contribution in [0.4, 0.5) is 4.39 Å². The van der Waals surface area contributed by atoms with Crippen LogP contribution in [0.2, 0.25) is 0 Å². The smallest absolute Gasteiger partial charge is 0.335 e. The fraction of sp³-hybridized carbons (Fsp3) is 0.419. The van der Waals surface area contributed by atoms with Crippen LogP contribution in [0.25, 0.3) is 5.57 Å². The van der Waals surface area contributed by atoms with Crippen molar-refractivity contribution in [3.8, 4) is 0 Å². The van der Waals surface area contributed by atoms with Gasteiger partial charge in [-0.1, -0.05) is 75.6 Å². The first-order chi connectivity index (χ1) is 17.1. The van der Waals surface area contributed by atoms with Gasteiger partial charge in [-0.05, 0) is 60.2 Å². The van der Waals surface area contributed by atoms with Crippen molar-refractivity contribution in [1.29, 1.82) is 0 Å². The molecule has 5 rings (SSSR count). The van der Waals surface area contributed by atoms with Crippen molar-refractivity contribution in [2.75, 3.05) is 13.1 Å². The van der Waals surface area contributed by atoms with Gasteiger partial charge >= 0.3 is 5.97 Å². The molecule has 4 nitrogen and oxygen atoms in total. The Bertz CT molecular complexity index is 1250. The summed E-state index contributed by atoms with van der Waals surface area (Å²) in [5, 5.41) is 9.26. The maximum atomic E-state index is 14.1. The van der Waals surface area contributed by atoms with Crippen LogP contribution < -0.4 is 0 Å². The second-order valence-corrected chi connectivity index (χ2v) is 11.5. The van der Waals surface area contributed by atoms with Crippen LogP contribution in [0.5, 0.6) is 0 Å². The van der Waals surface area contributed by atoms with Gasteiger partial charge in [0.15, 0.2) is 0 Å². The number of benzene rings is 2. The van der Waals surface area contributed by atoms with Crippen molar-refractivity contribution in [3.05, 3.63) is 88.8 Å². The Morgan fingerprint density at radius 1 is 0.917 bits per heavy atom. The van der Waals surface area contributed by atoms with Crippen LogP contribution in [0.3, 0.4) is 0 Å². The Kier molecular flexibility index (Phi) is 5.93. The number of carbonyl (C=O) groups is 2. The van der Waals surface area contributed by atoms with Crippen LogP contribution in [-0.4, -0.2) is 35.0 Å². The molecule has 0 unspecified atom stereocenters. The van der Waals surface area contributed by atoms with E-state index in [0.29, 0.717) is 13.1 Å². The minimum absolute atomic E-state index is 0.167. The van der Waals surface area contributed by atoms with Crippen LogP contribution in [0, 0.1) is 16.6 Å². The predicted octanol–water partition coefficient (Wildman–Crippen LogP) is 6.62. The maximum Gasteiger partial charge on any atom is 0.335 e. The van der Waals surface area contributed by atoms with Crippen LogP contribution in [-0.2, 0) is 10.2 Å². The van der Waals surface area contributed by atoms with Crippen LogP contribution in [0.1, 0.15) is 74.4 Å². The van der Waals surface area contributed by atoms with E-state index in [-0.39, 0.29) is 28.1 Å². The van der Waals surface area contributed by atoms with E-state index in [1.165, 1.54) is 23.3 Å². The van der Waals surface area contributed by atoms with Gasteiger partial charge < -0.3 is 10.0 Å². The highest BCUT2D eigenvalue weighted by Gasteiger charge is 2.50. The van der Waals surface area contributed by atoms with Gasteiger partial charge in [0.25, 0.3) is 0 Å². The van der Waals surface area contributed by atoms with Gasteiger partial charge in [0.1, 0.15) is 5.82 Å². The molecule has 0 spiro atoms. The van der Waals surface area contributed by atoms with Crippen molar-refractivity contribution < 1.29 is 19.1 Å². The molecule has 0 saturated heterocycles. The number of amides is 1. The van der Waals surface area contributed by atoms with E-state index >= 15 is 0 Å². The molecule has 1 fully saturated rings. The normalized spacial score (nSPS) is 24.5. The second kappa shape index (κ2) is 8.72. The summed E-state index contributed by atoms with van der Waals surface area (Å²) in [6.45, 7) is 7.93. The SMILES string of the molecule is CC1(C)C(c2ccc(C(=O)O)cc2)=CC[C@]2(C)CN(C(=O)C3(c4ccc(F)cc4)CCCC3)CC=C12.